The first kappa shape index (κ1) is 53.5. The summed E-state index contributed by atoms with van der Waals surface area (Å²) in [6.45, 7) is 0.950. The highest BCUT2D eigenvalue weighted by atomic mass is 16.5. The van der Waals surface area contributed by atoms with E-state index in [0.717, 1.165) is 67.1 Å². The standard InChI is InChI=1S/C34H30N4O4.C26H22N4O3.2CH4/c1-40-26-16-12-23(13-17-26)21-38-33(30(39)20-31-35-28-10-6-7-11-29(28)36-31)34(32(37-38)25-8-4-3-5-9-25)42-22-24-14-18-27(41-2)19-15-24;1-33-19-13-11-17(12-14-19)16-30-25(26(32)24(29-30)18-7-3-2-4-8-18)22(31)15-23-27-20-9-5-6-10-21(20)28-23;;/h3-19H,20-22H2,1-2H3,(H,35,36);2-14,32H,15-16H2,1H3,(H,27,28);2*1H4. The van der Waals surface area contributed by atoms with Crippen LogP contribution in [0.1, 0.15) is 64.2 Å². The molecule has 0 saturated heterocycles. The summed E-state index contributed by atoms with van der Waals surface area (Å²) >= 11 is 0. The Morgan fingerprint density at radius 2 is 0.870 bits per heavy atom. The lowest BCUT2D eigenvalue weighted by atomic mass is 10.1. The number of aromatic hydroxyl groups is 1. The second-order valence-electron chi connectivity index (χ2n) is 17.6. The highest BCUT2D eigenvalue weighted by Crippen LogP contribution is 2.36. The average Bonchev–Trinajstić information content (AvgIpc) is 4.25. The number of nitrogens with one attached hydrogen (secondary N) is 2. The molecule has 0 unspecified atom stereocenters. The zero-order valence-corrected chi connectivity index (χ0v) is 41.4. The molecule has 0 amide bonds. The molecule has 0 fully saturated rings. The lowest BCUT2D eigenvalue weighted by Gasteiger charge is -2.11. The van der Waals surface area contributed by atoms with Crippen LogP contribution in [0.2, 0.25) is 0 Å². The van der Waals surface area contributed by atoms with Gasteiger partial charge in [0.25, 0.3) is 0 Å². The van der Waals surface area contributed by atoms with Crippen LogP contribution in [0, 0.1) is 0 Å². The molecule has 4 aromatic heterocycles. The fraction of sp³-hybridized carbons (Fsp3) is 0.161. The van der Waals surface area contributed by atoms with Gasteiger partial charge in [0.1, 0.15) is 58.3 Å². The molecule has 0 aliphatic heterocycles. The Bertz CT molecular complexity index is 3650. The van der Waals surface area contributed by atoms with Crippen molar-refractivity contribution in [1.82, 2.24) is 39.5 Å². The van der Waals surface area contributed by atoms with Gasteiger partial charge in [-0.05, 0) is 77.4 Å². The predicted molar refractivity (Wildman–Crippen MR) is 300 cm³/mol. The Hall–Kier alpha value is -9.76. The van der Waals surface area contributed by atoms with Gasteiger partial charge in [-0.1, -0.05) is 136 Å². The van der Waals surface area contributed by atoms with Crippen LogP contribution in [0.3, 0.4) is 0 Å². The van der Waals surface area contributed by atoms with Crippen molar-refractivity contribution in [3.8, 4) is 51.3 Å². The van der Waals surface area contributed by atoms with Crippen LogP contribution in [0.15, 0.2) is 182 Å². The van der Waals surface area contributed by atoms with Gasteiger partial charge in [0, 0.05) is 11.1 Å². The second-order valence-corrected chi connectivity index (χ2v) is 17.6. The van der Waals surface area contributed by atoms with Gasteiger partial charge in [-0.2, -0.15) is 10.2 Å². The molecular formula is C62H60N8O7. The molecule has 0 radical (unpaired) electrons. The Morgan fingerprint density at radius 3 is 1.32 bits per heavy atom. The van der Waals surface area contributed by atoms with Crippen molar-refractivity contribution >= 4 is 33.6 Å². The minimum Gasteiger partial charge on any atom is -0.504 e. The van der Waals surface area contributed by atoms with E-state index in [1.807, 2.05) is 182 Å². The van der Waals surface area contributed by atoms with E-state index in [2.05, 4.69) is 25.0 Å². The van der Waals surface area contributed by atoms with E-state index in [0.29, 0.717) is 47.6 Å². The third kappa shape index (κ3) is 12.3. The maximum absolute atomic E-state index is 14.1. The number of hydrogen-bond acceptors (Lipinski definition) is 11. The molecule has 0 bridgehead atoms. The summed E-state index contributed by atoms with van der Waals surface area (Å²) in [5, 5.41) is 20.6. The van der Waals surface area contributed by atoms with E-state index in [9.17, 15) is 14.7 Å². The van der Waals surface area contributed by atoms with Crippen LogP contribution in [-0.2, 0) is 32.5 Å². The zero-order valence-electron chi connectivity index (χ0n) is 41.4. The van der Waals surface area contributed by atoms with E-state index in [-0.39, 0.29) is 57.3 Å². The second kappa shape index (κ2) is 24.5. The first-order valence-electron chi connectivity index (χ1n) is 24.2. The topological polar surface area (TPSA) is 184 Å². The fourth-order valence-corrected chi connectivity index (χ4v) is 8.72. The van der Waals surface area contributed by atoms with Crippen molar-refractivity contribution in [2.24, 2.45) is 0 Å². The third-order valence-electron chi connectivity index (χ3n) is 12.5. The highest BCUT2D eigenvalue weighted by molar-refractivity contribution is 6.01. The summed E-state index contributed by atoms with van der Waals surface area (Å²) in [5.41, 5.74) is 9.30. The number of aromatic nitrogens is 8. The van der Waals surface area contributed by atoms with Gasteiger partial charge in [-0.3, -0.25) is 19.0 Å². The summed E-state index contributed by atoms with van der Waals surface area (Å²) < 4.78 is 25.6. The molecule has 11 rings (SSSR count). The number of imidazole rings is 2. The molecule has 11 aromatic rings. The lowest BCUT2D eigenvalue weighted by Crippen LogP contribution is -2.15. The minimum atomic E-state index is -0.269. The van der Waals surface area contributed by atoms with Crippen LogP contribution in [0.25, 0.3) is 44.6 Å². The molecule has 0 aliphatic rings. The number of hydrogen-bond donors (Lipinski definition) is 3. The number of Topliss-reactive ketones (excluding diaryl/α,β-unsaturated/α-hetero) is 2. The first-order chi connectivity index (χ1) is 36.7. The number of benzene rings is 7. The number of fused-ring (bicyclic) bond motifs is 2. The number of para-hydroxylation sites is 4. The maximum Gasteiger partial charge on any atom is 0.192 e. The van der Waals surface area contributed by atoms with Crippen molar-refractivity contribution in [1.29, 1.82) is 0 Å². The van der Waals surface area contributed by atoms with Crippen molar-refractivity contribution in [3.63, 3.8) is 0 Å². The average molecular weight is 1030 g/mol. The summed E-state index contributed by atoms with van der Waals surface area (Å²) in [7, 11) is 4.88. The van der Waals surface area contributed by atoms with Gasteiger partial charge in [0.15, 0.2) is 23.1 Å². The van der Waals surface area contributed by atoms with Gasteiger partial charge < -0.3 is 34.0 Å². The smallest absolute Gasteiger partial charge is 0.192 e. The largest absolute Gasteiger partial charge is 0.504 e. The van der Waals surface area contributed by atoms with E-state index in [1.54, 1.807) is 30.7 Å². The third-order valence-corrected chi connectivity index (χ3v) is 12.5. The summed E-state index contributed by atoms with van der Waals surface area (Å²) in [5.74, 6) is 3.28. The molecule has 0 aliphatic carbocycles. The summed E-state index contributed by atoms with van der Waals surface area (Å²) in [6.07, 6.45) is 0.0842. The maximum atomic E-state index is 14.1. The van der Waals surface area contributed by atoms with Gasteiger partial charge in [-0.15, -0.1) is 0 Å². The monoisotopic (exact) mass is 1030 g/mol. The van der Waals surface area contributed by atoms with Crippen LogP contribution >= 0.6 is 0 Å². The molecule has 7 aromatic carbocycles. The molecular weight excluding hydrogens is 969 g/mol. The first-order valence-corrected chi connectivity index (χ1v) is 24.2. The Labute approximate surface area is 446 Å². The van der Waals surface area contributed by atoms with E-state index >= 15 is 0 Å². The molecule has 0 saturated carbocycles. The zero-order chi connectivity index (χ0) is 51.7. The minimum absolute atomic E-state index is 0. The number of H-pyrrole nitrogens is 2. The van der Waals surface area contributed by atoms with Gasteiger partial charge in [0.05, 0.1) is 69.3 Å². The fourth-order valence-electron chi connectivity index (χ4n) is 8.72. The molecule has 0 atom stereocenters. The number of carbonyl (C=O) groups is 2. The molecule has 15 nitrogen and oxygen atoms in total. The SMILES string of the molecule is C.C.COc1ccc(COc2c(-c3ccccc3)nn(Cc3ccc(OC)cc3)c2C(=O)Cc2nc3ccccc3[nH]2)cc1.COc1ccc(Cn2nc(-c3ccccc3)c(O)c2C(=O)Cc2nc3ccccc3[nH]2)cc1. The van der Waals surface area contributed by atoms with Crippen molar-refractivity contribution in [2.45, 2.75) is 47.4 Å². The van der Waals surface area contributed by atoms with E-state index in [1.165, 1.54) is 0 Å². The Balaban J connectivity index is 0.000000204. The van der Waals surface area contributed by atoms with Crippen molar-refractivity contribution < 1.29 is 33.6 Å². The molecule has 390 valence electrons. The van der Waals surface area contributed by atoms with E-state index in [4.69, 9.17) is 24.0 Å². The number of aromatic amines is 2. The lowest BCUT2D eigenvalue weighted by molar-refractivity contribution is 0.0968. The number of ketones is 2. The number of rotatable bonds is 18. The Morgan fingerprint density at radius 1 is 0.481 bits per heavy atom. The van der Waals surface area contributed by atoms with E-state index < -0.39 is 0 Å². The van der Waals surface area contributed by atoms with Crippen LogP contribution in [0.4, 0.5) is 0 Å². The van der Waals surface area contributed by atoms with Gasteiger partial charge in [0.2, 0.25) is 0 Å². The highest BCUT2D eigenvalue weighted by Gasteiger charge is 2.28. The number of ether oxygens (including phenoxy) is 4. The van der Waals surface area contributed by atoms with Gasteiger partial charge in [-0.25, -0.2) is 9.97 Å². The van der Waals surface area contributed by atoms with Crippen LogP contribution < -0.4 is 18.9 Å². The normalized spacial score (nSPS) is 10.7. The molecule has 15 heteroatoms. The molecule has 77 heavy (non-hydrogen) atoms. The van der Waals surface area contributed by atoms with Gasteiger partial charge >= 0.3 is 0 Å². The molecule has 4 heterocycles. The Kier molecular flexibility index (Phi) is 17.0. The number of nitrogens with zero attached hydrogens (tertiary/aromatic N) is 6. The quantitative estimate of drug-likeness (QED) is 0.0695. The number of carbonyl (C=O) groups excluding carboxylic acids is 2. The van der Waals surface area contributed by atoms with Crippen LogP contribution in [0.5, 0.6) is 28.7 Å². The predicted octanol–water partition coefficient (Wildman–Crippen LogP) is 12.4. The van der Waals surface area contributed by atoms with Crippen molar-refractivity contribution in [3.05, 3.63) is 222 Å². The molecule has 0 spiro atoms. The van der Waals surface area contributed by atoms with Crippen LogP contribution in [-0.4, -0.2) is 77.5 Å². The number of methoxy groups -OCH3 is 3. The molecule has 3 N–H and O–H groups in total. The van der Waals surface area contributed by atoms with Crippen molar-refractivity contribution in [2.75, 3.05) is 21.3 Å². The summed E-state index contributed by atoms with van der Waals surface area (Å²) in [6, 6.07) is 57.4. The summed E-state index contributed by atoms with van der Waals surface area (Å²) in [4.78, 5) is 43.1.